The summed E-state index contributed by atoms with van der Waals surface area (Å²) < 4.78 is 8.07. The van der Waals surface area contributed by atoms with Crippen molar-refractivity contribution in [3.8, 4) is 28.4 Å². The van der Waals surface area contributed by atoms with E-state index in [0.717, 1.165) is 21.3 Å². The lowest BCUT2D eigenvalue weighted by Crippen LogP contribution is -1.99. The van der Waals surface area contributed by atoms with Gasteiger partial charge >= 0.3 is 0 Å². The van der Waals surface area contributed by atoms with Crippen LogP contribution in [0.3, 0.4) is 0 Å². The van der Waals surface area contributed by atoms with E-state index in [-0.39, 0.29) is 0 Å². The van der Waals surface area contributed by atoms with Crippen molar-refractivity contribution in [3.63, 3.8) is 0 Å². The van der Waals surface area contributed by atoms with Crippen molar-refractivity contribution >= 4 is 15.9 Å². The van der Waals surface area contributed by atoms with Crippen molar-refractivity contribution in [2.75, 3.05) is 0 Å². The zero-order valence-corrected chi connectivity index (χ0v) is 13.4. The molecule has 0 bridgehead atoms. The van der Waals surface area contributed by atoms with Gasteiger partial charge in [-0.15, -0.1) is 5.10 Å². The van der Waals surface area contributed by atoms with Crippen LogP contribution in [-0.2, 0) is 0 Å². The smallest absolute Gasteiger partial charge is 0.192 e. The van der Waals surface area contributed by atoms with Crippen LogP contribution >= 0.6 is 15.9 Å². The van der Waals surface area contributed by atoms with Crippen LogP contribution in [-0.4, -0.2) is 25.4 Å². The van der Waals surface area contributed by atoms with Crippen LogP contribution in [0.4, 0.5) is 0 Å². The number of nitrogens with zero attached hydrogens (tertiary/aromatic N) is 5. The summed E-state index contributed by atoms with van der Waals surface area (Å²) in [6.07, 6.45) is 1.63. The Kier molecular flexibility index (Phi) is 3.47. The van der Waals surface area contributed by atoms with Crippen molar-refractivity contribution in [1.29, 1.82) is 0 Å². The van der Waals surface area contributed by atoms with E-state index in [4.69, 9.17) is 4.52 Å². The number of tetrazole rings is 1. The molecule has 0 unspecified atom stereocenters. The lowest BCUT2D eigenvalue weighted by Gasteiger charge is -2.04. The number of benzene rings is 2. The molecule has 0 N–H and O–H groups in total. The Morgan fingerprint density at radius 1 is 0.957 bits per heavy atom. The molecule has 0 fully saturated rings. The Hall–Kier alpha value is -2.80. The second-order valence-electron chi connectivity index (χ2n) is 4.83. The van der Waals surface area contributed by atoms with Gasteiger partial charge in [0.2, 0.25) is 0 Å². The van der Waals surface area contributed by atoms with Gasteiger partial charge in [-0.2, -0.15) is 4.68 Å². The summed E-state index contributed by atoms with van der Waals surface area (Å²) in [5.74, 6) is 1.21. The lowest BCUT2D eigenvalue weighted by molar-refractivity contribution is 0.432. The van der Waals surface area contributed by atoms with Gasteiger partial charge in [-0.1, -0.05) is 51.4 Å². The van der Waals surface area contributed by atoms with Gasteiger partial charge in [0.1, 0.15) is 0 Å². The van der Waals surface area contributed by atoms with E-state index in [1.807, 2.05) is 54.6 Å². The number of halogens is 1. The quantitative estimate of drug-likeness (QED) is 0.551. The Balaban J connectivity index is 1.84. The molecule has 4 aromatic rings. The van der Waals surface area contributed by atoms with Crippen molar-refractivity contribution in [3.05, 3.63) is 65.3 Å². The minimum absolute atomic E-state index is 0.576. The second-order valence-corrected chi connectivity index (χ2v) is 5.74. The summed E-state index contributed by atoms with van der Waals surface area (Å²) >= 11 is 3.42. The summed E-state index contributed by atoms with van der Waals surface area (Å²) in [4.78, 5) is 0. The van der Waals surface area contributed by atoms with Crippen LogP contribution < -0.4 is 0 Å². The fourth-order valence-corrected chi connectivity index (χ4v) is 2.57. The molecule has 0 aliphatic rings. The average molecular weight is 368 g/mol. The van der Waals surface area contributed by atoms with Gasteiger partial charge < -0.3 is 4.52 Å². The molecule has 6 nitrogen and oxygen atoms in total. The molecule has 2 heterocycles. The first-order chi connectivity index (χ1) is 11.3. The molecule has 0 spiro atoms. The zero-order valence-electron chi connectivity index (χ0n) is 11.8. The monoisotopic (exact) mass is 367 g/mol. The molecule has 2 aromatic heterocycles. The van der Waals surface area contributed by atoms with E-state index in [1.165, 1.54) is 0 Å². The Morgan fingerprint density at radius 2 is 1.74 bits per heavy atom. The largest absolute Gasteiger partial charge is 0.356 e. The number of aromatic nitrogens is 5. The summed E-state index contributed by atoms with van der Waals surface area (Å²) in [6.45, 7) is 0. The van der Waals surface area contributed by atoms with E-state index < -0.39 is 0 Å². The van der Waals surface area contributed by atoms with E-state index >= 15 is 0 Å². The van der Waals surface area contributed by atoms with Crippen LogP contribution in [0.5, 0.6) is 0 Å². The number of hydrogen-bond donors (Lipinski definition) is 0. The van der Waals surface area contributed by atoms with Gasteiger partial charge in [0, 0.05) is 10.0 Å². The Bertz CT molecular complexity index is 931. The van der Waals surface area contributed by atoms with Gasteiger partial charge in [0.05, 0.1) is 17.4 Å². The predicted molar refractivity (Wildman–Crippen MR) is 87.8 cm³/mol. The fraction of sp³-hybridized carbons (Fsp3) is 0. The van der Waals surface area contributed by atoms with Crippen molar-refractivity contribution in [1.82, 2.24) is 25.4 Å². The third kappa shape index (κ3) is 2.55. The third-order valence-electron chi connectivity index (χ3n) is 3.39. The van der Waals surface area contributed by atoms with Crippen molar-refractivity contribution in [2.24, 2.45) is 0 Å². The highest BCUT2D eigenvalue weighted by atomic mass is 79.9. The molecular weight excluding hydrogens is 358 g/mol. The van der Waals surface area contributed by atoms with Crippen LogP contribution in [0.25, 0.3) is 28.4 Å². The minimum atomic E-state index is 0.576. The molecule has 0 aliphatic heterocycles. The molecule has 7 heteroatoms. The third-order valence-corrected chi connectivity index (χ3v) is 3.92. The van der Waals surface area contributed by atoms with E-state index in [0.29, 0.717) is 11.6 Å². The highest BCUT2D eigenvalue weighted by molar-refractivity contribution is 9.10. The predicted octanol–water partition coefficient (Wildman–Crippen LogP) is 3.75. The summed E-state index contributed by atoms with van der Waals surface area (Å²) in [7, 11) is 0. The normalized spacial score (nSPS) is 10.8. The minimum Gasteiger partial charge on any atom is -0.356 e. The summed E-state index contributed by atoms with van der Waals surface area (Å²) in [5.41, 5.74) is 2.52. The Morgan fingerprint density at radius 3 is 2.52 bits per heavy atom. The van der Waals surface area contributed by atoms with E-state index in [9.17, 15) is 0 Å². The molecular formula is C16H10BrN5O. The second kappa shape index (κ2) is 5.77. The van der Waals surface area contributed by atoms with E-state index in [2.05, 4.69) is 36.6 Å². The number of rotatable bonds is 3. The van der Waals surface area contributed by atoms with Crippen LogP contribution in [0.15, 0.2) is 69.8 Å². The maximum Gasteiger partial charge on any atom is 0.192 e. The maximum atomic E-state index is 5.42. The van der Waals surface area contributed by atoms with Gasteiger partial charge in [-0.25, -0.2) is 0 Å². The molecule has 23 heavy (non-hydrogen) atoms. The van der Waals surface area contributed by atoms with E-state index in [1.54, 1.807) is 10.9 Å². The SMILES string of the molecule is Brc1ccc(-n2nnnc2-c2cnoc2-c2ccccc2)cc1. The van der Waals surface area contributed by atoms with Gasteiger partial charge in [-0.3, -0.25) is 0 Å². The van der Waals surface area contributed by atoms with Gasteiger partial charge in [-0.05, 0) is 34.7 Å². The van der Waals surface area contributed by atoms with Gasteiger partial charge in [0.15, 0.2) is 11.6 Å². The first kappa shape index (κ1) is 13.8. The van der Waals surface area contributed by atoms with Crippen LogP contribution in [0, 0.1) is 0 Å². The molecule has 0 amide bonds. The molecule has 4 rings (SSSR count). The summed E-state index contributed by atoms with van der Waals surface area (Å²) in [5, 5.41) is 15.9. The van der Waals surface area contributed by atoms with Crippen LogP contribution in [0.1, 0.15) is 0 Å². The maximum absolute atomic E-state index is 5.42. The fourth-order valence-electron chi connectivity index (χ4n) is 2.31. The topological polar surface area (TPSA) is 69.6 Å². The first-order valence-electron chi connectivity index (χ1n) is 6.88. The highest BCUT2D eigenvalue weighted by Gasteiger charge is 2.19. The molecule has 2 aromatic carbocycles. The average Bonchev–Trinajstić information content (AvgIpc) is 3.25. The zero-order chi connectivity index (χ0) is 15.6. The Labute approximate surface area is 139 Å². The standard InChI is InChI=1S/C16H10BrN5O/c17-12-6-8-13(9-7-12)22-16(19-20-21-22)14-10-18-23-15(14)11-4-2-1-3-5-11/h1-10H. The number of hydrogen-bond acceptors (Lipinski definition) is 5. The summed E-state index contributed by atoms with van der Waals surface area (Å²) in [6, 6.07) is 17.5. The van der Waals surface area contributed by atoms with Crippen LogP contribution in [0.2, 0.25) is 0 Å². The molecule has 112 valence electrons. The van der Waals surface area contributed by atoms with Crippen molar-refractivity contribution < 1.29 is 4.52 Å². The highest BCUT2D eigenvalue weighted by Crippen LogP contribution is 2.31. The molecule has 0 aliphatic carbocycles. The molecule has 0 saturated heterocycles. The molecule has 0 radical (unpaired) electrons. The first-order valence-corrected chi connectivity index (χ1v) is 7.67. The van der Waals surface area contributed by atoms with Crippen molar-refractivity contribution in [2.45, 2.75) is 0 Å². The van der Waals surface area contributed by atoms with Gasteiger partial charge in [0.25, 0.3) is 0 Å². The lowest BCUT2D eigenvalue weighted by atomic mass is 10.1. The molecule has 0 atom stereocenters. The molecule has 0 saturated carbocycles.